The Hall–Kier alpha value is -3.57. The molecule has 0 unspecified atom stereocenters. The summed E-state index contributed by atoms with van der Waals surface area (Å²) in [6.45, 7) is 1.68. The maximum absolute atomic E-state index is 14.6. The summed E-state index contributed by atoms with van der Waals surface area (Å²) < 4.78 is 14.6. The zero-order valence-electron chi connectivity index (χ0n) is 18.7. The number of anilines is 4. The number of benzene rings is 1. The van der Waals surface area contributed by atoms with Crippen LogP contribution in [0.25, 0.3) is 10.6 Å². The van der Waals surface area contributed by atoms with Crippen molar-refractivity contribution in [2.45, 2.75) is 18.9 Å². The first-order valence-electron chi connectivity index (χ1n) is 10.8. The number of carbonyl (C=O) groups excluding carboxylic acids is 2. The lowest BCUT2D eigenvalue weighted by molar-refractivity contribution is -0.106. The van der Waals surface area contributed by atoms with Gasteiger partial charge in [-0.05, 0) is 37.1 Å². The number of aromatic nitrogens is 2. The van der Waals surface area contributed by atoms with Gasteiger partial charge in [-0.2, -0.15) is 0 Å². The van der Waals surface area contributed by atoms with Crippen molar-refractivity contribution in [3.05, 3.63) is 48.2 Å². The van der Waals surface area contributed by atoms with Gasteiger partial charge in [0.25, 0.3) is 5.91 Å². The number of piperidine rings is 1. The number of nitrogens with zero attached hydrogens (tertiary/aromatic N) is 4. The number of aldehydes is 1. The smallest absolute Gasteiger partial charge is 0.277 e. The Morgan fingerprint density at radius 3 is 3.00 bits per heavy atom. The highest BCUT2D eigenvalue weighted by atomic mass is 32.1. The second kappa shape index (κ2) is 10.1. The summed E-state index contributed by atoms with van der Waals surface area (Å²) in [4.78, 5) is 36.2. The average molecular weight is 484 g/mol. The third-order valence-corrected chi connectivity index (χ3v) is 6.60. The lowest BCUT2D eigenvalue weighted by atomic mass is 10.1. The van der Waals surface area contributed by atoms with Crippen molar-refractivity contribution in [1.82, 2.24) is 9.97 Å². The topological polar surface area (TPSA) is 130 Å². The highest BCUT2D eigenvalue weighted by molar-refractivity contribution is 7.19. The number of carbonyl (C=O) groups is 2. The van der Waals surface area contributed by atoms with Crippen LogP contribution in [0.5, 0.6) is 0 Å². The normalized spacial score (nSPS) is 15.7. The van der Waals surface area contributed by atoms with Crippen LogP contribution in [0.3, 0.4) is 0 Å². The molecule has 0 radical (unpaired) electrons. The van der Waals surface area contributed by atoms with Gasteiger partial charge in [0.1, 0.15) is 22.1 Å². The van der Waals surface area contributed by atoms with Gasteiger partial charge in [0, 0.05) is 43.6 Å². The molecular formula is C23H26FN7O2S. The molecule has 178 valence electrons. The highest BCUT2D eigenvalue weighted by Crippen LogP contribution is 2.35. The number of nitrogens with two attached hydrogens (primary N) is 2. The molecule has 1 fully saturated rings. The molecule has 9 nitrogen and oxygen atoms in total. The molecule has 3 aromatic rings. The summed E-state index contributed by atoms with van der Waals surface area (Å²) in [5.74, 6) is -1.01. The van der Waals surface area contributed by atoms with Crippen LogP contribution in [0, 0.1) is 5.82 Å². The number of pyridine rings is 1. The fraction of sp³-hybridized carbons (Fsp3) is 0.304. The van der Waals surface area contributed by atoms with Crippen LogP contribution in [0.1, 0.15) is 23.3 Å². The molecule has 2 aromatic heterocycles. The van der Waals surface area contributed by atoms with E-state index in [1.165, 1.54) is 6.07 Å². The van der Waals surface area contributed by atoms with Crippen molar-refractivity contribution in [1.29, 1.82) is 0 Å². The van der Waals surface area contributed by atoms with Crippen molar-refractivity contribution in [2.24, 2.45) is 5.73 Å². The quantitative estimate of drug-likeness (QED) is 0.437. The molecule has 5 N–H and O–H groups in total. The SMILES string of the molecule is CN(CC=O)c1ccc(F)c(-c2nc(C(=O)Nc3cnccc3N3CCC[C@H](N)C3)c(N)s2)c1. The van der Waals surface area contributed by atoms with Gasteiger partial charge >= 0.3 is 0 Å². The molecule has 1 saturated heterocycles. The van der Waals surface area contributed by atoms with Crippen molar-refractivity contribution in [2.75, 3.05) is 47.5 Å². The molecule has 11 heteroatoms. The number of hydrogen-bond acceptors (Lipinski definition) is 9. The van der Waals surface area contributed by atoms with E-state index in [1.54, 1.807) is 36.5 Å². The minimum Gasteiger partial charge on any atom is -0.389 e. The third-order valence-electron chi connectivity index (χ3n) is 5.68. The summed E-state index contributed by atoms with van der Waals surface area (Å²) in [5.41, 5.74) is 14.4. The molecule has 34 heavy (non-hydrogen) atoms. The fourth-order valence-corrected chi connectivity index (χ4v) is 4.76. The van der Waals surface area contributed by atoms with Gasteiger partial charge < -0.3 is 31.4 Å². The Bertz CT molecular complexity index is 1200. The summed E-state index contributed by atoms with van der Waals surface area (Å²) in [6, 6.07) is 6.36. The standard InChI is InChI=1S/C23H26FN7O2S/c1-30(9-10-32)15-4-5-17(24)16(11-15)23-29-20(21(26)34-23)22(33)28-18-12-27-7-6-19(18)31-8-2-3-14(25)13-31/h4-7,10-12,14H,2-3,8-9,13,25-26H2,1H3,(H,28,33)/t14-/m0/s1. The second-order valence-electron chi connectivity index (χ2n) is 8.14. The van der Waals surface area contributed by atoms with Crippen molar-refractivity contribution >= 4 is 45.6 Å². The van der Waals surface area contributed by atoms with Gasteiger partial charge in [0.15, 0.2) is 5.69 Å². The molecule has 1 aliphatic rings. The van der Waals surface area contributed by atoms with E-state index in [-0.39, 0.29) is 33.9 Å². The summed E-state index contributed by atoms with van der Waals surface area (Å²) in [5, 5.41) is 3.29. The predicted molar refractivity (Wildman–Crippen MR) is 133 cm³/mol. The first-order chi connectivity index (χ1) is 16.4. The Balaban J connectivity index is 1.59. The zero-order chi connectivity index (χ0) is 24.2. The van der Waals surface area contributed by atoms with E-state index in [9.17, 15) is 14.0 Å². The Morgan fingerprint density at radius 2 is 2.24 bits per heavy atom. The lowest BCUT2D eigenvalue weighted by Crippen LogP contribution is -2.43. The minimum absolute atomic E-state index is 0.0104. The van der Waals surface area contributed by atoms with Crippen molar-refractivity contribution in [3.63, 3.8) is 0 Å². The summed E-state index contributed by atoms with van der Waals surface area (Å²) in [6.07, 6.45) is 5.92. The Kier molecular flexibility index (Phi) is 7.03. The summed E-state index contributed by atoms with van der Waals surface area (Å²) in [7, 11) is 1.72. The number of thiazole rings is 1. The molecule has 3 heterocycles. The van der Waals surface area contributed by atoms with E-state index in [1.807, 2.05) is 6.07 Å². The van der Waals surface area contributed by atoms with E-state index >= 15 is 0 Å². The van der Waals surface area contributed by atoms with E-state index in [0.29, 0.717) is 17.9 Å². The molecule has 0 bridgehead atoms. The van der Waals surface area contributed by atoms with Gasteiger partial charge in [-0.3, -0.25) is 9.78 Å². The minimum atomic E-state index is -0.509. The first-order valence-corrected chi connectivity index (χ1v) is 11.7. The third kappa shape index (κ3) is 5.00. The van der Waals surface area contributed by atoms with Gasteiger partial charge in [0.2, 0.25) is 0 Å². The number of amides is 1. The first kappa shape index (κ1) is 23.6. The lowest BCUT2D eigenvalue weighted by Gasteiger charge is -2.33. The van der Waals surface area contributed by atoms with Crippen molar-refractivity contribution in [3.8, 4) is 10.6 Å². The Labute approximate surface area is 200 Å². The number of hydrogen-bond donors (Lipinski definition) is 3. The van der Waals surface area contributed by atoms with Crippen LogP contribution >= 0.6 is 11.3 Å². The van der Waals surface area contributed by atoms with Gasteiger partial charge in [0.05, 0.1) is 24.1 Å². The molecule has 1 aliphatic heterocycles. The van der Waals surface area contributed by atoms with Crippen LogP contribution in [0.2, 0.25) is 0 Å². The molecule has 0 saturated carbocycles. The van der Waals surface area contributed by atoms with Crippen molar-refractivity contribution < 1.29 is 14.0 Å². The van der Waals surface area contributed by atoms with Gasteiger partial charge in [-0.25, -0.2) is 9.37 Å². The second-order valence-corrected chi connectivity index (χ2v) is 9.17. The van der Waals surface area contributed by atoms with E-state index in [2.05, 4.69) is 20.2 Å². The average Bonchev–Trinajstić information content (AvgIpc) is 3.21. The van der Waals surface area contributed by atoms with Crippen LogP contribution in [-0.2, 0) is 4.79 Å². The van der Waals surface area contributed by atoms with E-state index in [4.69, 9.17) is 11.5 Å². The van der Waals surface area contributed by atoms with Crippen LogP contribution in [-0.4, -0.2) is 54.9 Å². The maximum atomic E-state index is 14.6. The predicted octanol–water partition coefficient (Wildman–Crippen LogP) is 2.74. The maximum Gasteiger partial charge on any atom is 0.277 e. The number of likely N-dealkylation sites (N-methyl/N-ethyl adjacent to an activating group) is 1. The zero-order valence-corrected chi connectivity index (χ0v) is 19.5. The highest BCUT2D eigenvalue weighted by Gasteiger charge is 2.23. The number of nitrogen functional groups attached to an aromatic ring is 1. The number of nitrogens with one attached hydrogen (secondary N) is 1. The fourth-order valence-electron chi connectivity index (χ4n) is 3.91. The molecule has 0 aliphatic carbocycles. The summed E-state index contributed by atoms with van der Waals surface area (Å²) >= 11 is 1.02. The molecule has 1 aromatic carbocycles. The van der Waals surface area contributed by atoms with E-state index in [0.717, 1.165) is 42.7 Å². The monoisotopic (exact) mass is 483 g/mol. The Morgan fingerprint density at radius 1 is 1.41 bits per heavy atom. The van der Waals surface area contributed by atoms with Crippen LogP contribution in [0.4, 0.5) is 26.5 Å². The molecule has 0 spiro atoms. The van der Waals surface area contributed by atoms with Crippen LogP contribution in [0.15, 0.2) is 36.7 Å². The largest absolute Gasteiger partial charge is 0.389 e. The van der Waals surface area contributed by atoms with Crippen LogP contribution < -0.4 is 26.6 Å². The molecular weight excluding hydrogens is 457 g/mol. The molecule has 1 amide bonds. The van der Waals surface area contributed by atoms with Gasteiger partial charge in [-0.15, -0.1) is 0 Å². The molecule has 1 atom stereocenters. The van der Waals surface area contributed by atoms with E-state index < -0.39 is 11.7 Å². The molecule has 4 rings (SSSR count). The van der Waals surface area contributed by atoms with Gasteiger partial charge in [-0.1, -0.05) is 11.3 Å². The number of rotatable bonds is 7. The number of halogens is 1.